The van der Waals surface area contributed by atoms with Crippen LogP contribution < -0.4 is 15.5 Å². The first-order chi connectivity index (χ1) is 13.6. The quantitative estimate of drug-likeness (QED) is 0.530. The Morgan fingerprint density at radius 1 is 1.14 bits per heavy atom. The van der Waals surface area contributed by atoms with Crippen molar-refractivity contribution in [3.8, 4) is 0 Å². The number of fused-ring (bicyclic) bond motifs is 1. The Kier molecular flexibility index (Phi) is 5.82. The fourth-order valence-electron chi connectivity index (χ4n) is 3.84. The molecule has 0 aliphatic heterocycles. The highest BCUT2D eigenvalue weighted by Gasteiger charge is 2.21. The van der Waals surface area contributed by atoms with Crippen LogP contribution in [0.4, 0.5) is 11.8 Å². The fourth-order valence-corrected chi connectivity index (χ4v) is 4.20. The third-order valence-corrected chi connectivity index (χ3v) is 5.96. The minimum absolute atomic E-state index is 0.444. The van der Waals surface area contributed by atoms with Gasteiger partial charge in [-0.3, -0.25) is 0 Å². The number of H-pyrrole nitrogens is 1. The van der Waals surface area contributed by atoms with Crippen LogP contribution in [-0.2, 0) is 6.54 Å². The Morgan fingerprint density at radius 2 is 1.93 bits per heavy atom. The summed E-state index contributed by atoms with van der Waals surface area (Å²) in [5, 5.41) is 8.54. The zero-order chi connectivity index (χ0) is 19.5. The topological polar surface area (TPSA) is 68.9 Å². The van der Waals surface area contributed by atoms with Crippen molar-refractivity contribution in [1.29, 1.82) is 0 Å². The molecular weight excluding hydrogens is 416 g/mol. The normalized spacial score (nSPS) is 19.7. The molecular formula is C21H27BrN6. The molecule has 2 heterocycles. The van der Waals surface area contributed by atoms with Gasteiger partial charge in [-0.05, 0) is 55.5 Å². The number of nitrogens with one attached hydrogen (secondary N) is 3. The van der Waals surface area contributed by atoms with Gasteiger partial charge in [0.15, 0.2) is 0 Å². The van der Waals surface area contributed by atoms with Gasteiger partial charge in [0.25, 0.3) is 0 Å². The van der Waals surface area contributed by atoms with Crippen LogP contribution in [0, 0.1) is 0 Å². The summed E-state index contributed by atoms with van der Waals surface area (Å²) >= 11 is 3.57. The molecule has 2 aromatic heterocycles. The van der Waals surface area contributed by atoms with Crippen molar-refractivity contribution in [3.05, 3.63) is 46.7 Å². The average molecular weight is 443 g/mol. The van der Waals surface area contributed by atoms with Gasteiger partial charge in [0.05, 0.1) is 0 Å². The molecule has 1 aliphatic rings. The van der Waals surface area contributed by atoms with Crippen molar-refractivity contribution in [2.24, 2.45) is 0 Å². The molecule has 3 aromatic rings. The lowest BCUT2D eigenvalue weighted by atomic mass is 9.91. The highest BCUT2D eigenvalue weighted by molar-refractivity contribution is 9.10. The Hall–Kier alpha value is -2.12. The van der Waals surface area contributed by atoms with Crippen molar-refractivity contribution in [1.82, 2.24) is 20.3 Å². The second-order valence-electron chi connectivity index (χ2n) is 7.71. The summed E-state index contributed by atoms with van der Waals surface area (Å²) in [5.74, 6) is 1.66. The first-order valence-electron chi connectivity index (χ1n) is 9.84. The molecule has 4 rings (SSSR count). The van der Waals surface area contributed by atoms with Gasteiger partial charge in [0.1, 0.15) is 5.82 Å². The van der Waals surface area contributed by atoms with Crippen LogP contribution in [0.25, 0.3) is 10.9 Å². The standard InChI is InChI=1S/C21H27BrN6/c1-28(2)20-9-10-23-21(27-20)26-17-6-4-16(5-7-17)24-12-14-13-25-19-8-3-15(22)11-18(14)19/h3,8-11,13,16-17,24-25H,4-7,12H2,1-2H3,(H,23,26,27)/t16-,17+. The molecule has 0 atom stereocenters. The van der Waals surface area contributed by atoms with E-state index in [-0.39, 0.29) is 0 Å². The summed E-state index contributed by atoms with van der Waals surface area (Å²) in [6.07, 6.45) is 8.53. The van der Waals surface area contributed by atoms with E-state index in [1.807, 2.05) is 31.3 Å². The van der Waals surface area contributed by atoms with Crippen LogP contribution >= 0.6 is 15.9 Å². The Morgan fingerprint density at radius 3 is 2.71 bits per heavy atom. The van der Waals surface area contributed by atoms with E-state index in [0.29, 0.717) is 12.1 Å². The molecule has 0 saturated heterocycles. The van der Waals surface area contributed by atoms with E-state index < -0.39 is 0 Å². The van der Waals surface area contributed by atoms with E-state index in [0.717, 1.165) is 48.5 Å². The summed E-state index contributed by atoms with van der Waals surface area (Å²) in [6, 6.07) is 9.31. The number of anilines is 2. The van der Waals surface area contributed by atoms with Crippen molar-refractivity contribution >= 4 is 38.6 Å². The van der Waals surface area contributed by atoms with Crippen molar-refractivity contribution in [2.45, 2.75) is 44.3 Å². The molecule has 28 heavy (non-hydrogen) atoms. The summed E-state index contributed by atoms with van der Waals surface area (Å²) in [5.41, 5.74) is 2.51. The molecule has 148 valence electrons. The highest BCUT2D eigenvalue weighted by atomic mass is 79.9. The zero-order valence-corrected chi connectivity index (χ0v) is 18.0. The molecule has 6 nitrogen and oxygen atoms in total. The van der Waals surface area contributed by atoms with Crippen LogP contribution in [0.15, 0.2) is 41.1 Å². The van der Waals surface area contributed by atoms with Crippen LogP contribution in [0.1, 0.15) is 31.2 Å². The maximum absolute atomic E-state index is 4.57. The third kappa shape index (κ3) is 4.47. The number of nitrogens with zero attached hydrogens (tertiary/aromatic N) is 3. The molecule has 1 saturated carbocycles. The molecule has 7 heteroatoms. The largest absolute Gasteiger partial charge is 0.363 e. The summed E-state index contributed by atoms with van der Waals surface area (Å²) < 4.78 is 1.12. The minimum Gasteiger partial charge on any atom is -0.363 e. The number of aromatic amines is 1. The van der Waals surface area contributed by atoms with E-state index in [4.69, 9.17) is 0 Å². The van der Waals surface area contributed by atoms with Gasteiger partial charge in [-0.25, -0.2) is 4.98 Å². The van der Waals surface area contributed by atoms with Gasteiger partial charge >= 0.3 is 0 Å². The van der Waals surface area contributed by atoms with E-state index >= 15 is 0 Å². The second kappa shape index (κ2) is 8.49. The zero-order valence-electron chi connectivity index (χ0n) is 16.4. The fraction of sp³-hybridized carbons (Fsp3) is 0.429. The maximum atomic E-state index is 4.57. The van der Waals surface area contributed by atoms with Gasteiger partial charge in [0.2, 0.25) is 5.95 Å². The van der Waals surface area contributed by atoms with Crippen molar-refractivity contribution in [3.63, 3.8) is 0 Å². The summed E-state index contributed by atoms with van der Waals surface area (Å²) in [4.78, 5) is 14.3. The SMILES string of the molecule is CN(C)c1ccnc(N[C@H]2CC[C@@H](NCc3c[nH]c4ccc(Br)cc34)CC2)n1. The Labute approximate surface area is 174 Å². The van der Waals surface area contributed by atoms with Crippen LogP contribution in [0.2, 0.25) is 0 Å². The predicted octanol–water partition coefficient (Wildman–Crippen LogP) is 4.30. The summed E-state index contributed by atoms with van der Waals surface area (Å²) in [7, 11) is 3.99. The van der Waals surface area contributed by atoms with Gasteiger partial charge in [-0.1, -0.05) is 15.9 Å². The number of hydrogen-bond donors (Lipinski definition) is 3. The summed E-state index contributed by atoms with van der Waals surface area (Å²) in [6.45, 7) is 0.896. The van der Waals surface area contributed by atoms with Gasteiger partial charge in [-0.2, -0.15) is 4.98 Å². The molecule has 0 unspecified atom stereocenters. The van der Waals surface area contributed by atoms with E-state index in [2.05, 4.69) is 65.9 Å². The lowest BCUT2D eigenvalue weighted by Crippen LogP contribution is -2.36. The van der Waals surface area contributed by atoms with Crippen LogP contribution in [0.5, 0.6) is 0 Å². The Bertz CT molecular complexity index is 930. The van der Waals surface area contributed by atoms with Crippen molar-refractivity contribution < 1.29 is 0 Å². The molecule has 0 radical (unpaired) electrons. The van der Waals surface area contributed by atoms with Crippen molar-refractivity contribution in [2.75, 3.05) is 24.3 Å². The Balaban J connectivity index is 1.28. The first kappa shape index (κ1) is 19.2. The molecule has 1 aliphatic carbocycles. The van der Waals surface area contributed by atoms with E-state index in [1.54, 1.807) is 0 Å². The lowest BCUT2D eigenvalue weighted by Gasteiger charge is -2.30. The number of aromatic nitrogens is 3. The number of hydrogen-bond acceptors (Lipinski definition) is 5. The second-order valence-corrected chi connectivity index (χ2v) is 8.63. The molecule has 0 bridgehead atoms. The first-order valence-corrected chi connectivity index (χ1v) is 10.6. The lowest BCUT2D eigenvalue weighted by molar-refractivity contribution is 0.352. The van der Waals surface area contributed by atoms with Gasteiger partial charge in [0, 0.05) is 60.5 Å². The molecule has 1 aromatic carbocycles. The van der Waals surface area contributed by atoms with Gasteiger partial charge in [-0.15, -0.1) is 0 Å². The molecule has 0 amide bonds. The monoisotopic (exact) mass is 442 g/mol. The van der Waals surface area contributed by atoms with E-state index in [1.165, 1.54) is 16.5 Å². The smallest absolute Gasteiger partial charge is 0.224 e. The average Bonchev–Trinajstić information content (AvgIpc) is 3.10. The molecule has 1 fully saturated rings. The molecule has 0 spiro atoms. The number of halogens is 1. The molecule has 3 N–H and O–H groups in total. The minimum atomic E-state index is 0.444. The highest BCUT2D eigenvalue weighted by Crippen LogP contribution is 2.25. The number of rotatable bonds is 6. The third-order valence-electron chi connectivity index (χ3n) is 5.47. The number of benzene rings is 1. The van der Waals surface area contributed by atoms with Crippen LogP contribution in [-0.4, -0.2) is 41.1 Å². The maximum Gasteiger partial charge on any atom is 0.224 e. The van der Waals surface area contributed by atoms with Crippen LogP contribution in [0.3, 0.4) is 0 Å². The predicted molar refractivity (Wildman–Crippen MR) is 119 cm³/mol. The van der Waals surface area contributed by atoms with Gasteiger partial charge < -0.3 is 20.5 Å². The van der Waals surface area contributed by atoms with E-state index in [9.17, 15) is 0 Å².